The molecule has 0 radical (unpaired) electrons. The number of aromatic nitrogens is 2. The summed E-state index contributed by atoms with van der Waals surface area (Å²) in [5, 5.41) is 3.43. The Hall–Kier alpha value is -1.16. The van der Waals surface area contributed by atoms with Gasteiger partial charge in [0.15, 0.2) is 0 Å². The smallest absolute Gasteiger partial charge is 0.132 e. The highest BCUT2D eigenvalue weighted by atomic mass is 16.5. The van der Waals surface area contributed by atoms with E-state index in [4.69, 9.17) is 4.74 Å². The molecule has 1 heterocycles. The summed E-state index contributed by atoms with van der Waals surface area (Å²) in [5.74, 6) is 1.65. The molecular weight excluding hydrogens is 238 g/mol. The maximum absolute atomic E-state index is 5.57. The molecule has 0 saturated carbocycles. The SMILES string of the molecule is CC(C)COCCCNc1ncnc2c1CCCC2. The van der Waals surface area contributed by atoms with Gasteiger partial charge in [0.05, 0.1) is 0 Å². The average molecular weight is 263 g/mol. The Morgan fingerprint density at radius 2 is 2.11 bits per heavy atom. The lowest BCUT2D eigenvalue weighted by molar-refractivity contribution is 0.110. The Kier molecular flexibility index (Phi) is 5.58. The van der Waals surface area contributed by atoms with Crippen LogP contribution >= 0.6 is 0 Å². The van der Waals surface area contributed by atoms with E-state index in [1.807, 2.05) is 0 Å². The second kappa shape index (κ2) is 7.43. The molecule has 0 fully saturated rings. The third-order valence-corrected chi connectivity index (χ3v) is 3.33. The lowest BCUT2D eigenvalue weighted by Gasteiger charge is -2.18. The van der Waals surface area contributed by atoms with Crippen LogP contribution < -0.4 is 5.32 Å². The fourth-order valence-electron chi connectivity index (χ4n) is 2.37. The number of hydrogen-bond donors (Lipinski definition) is 1. The lowest BCUT2D eigenvalue weighted by atomic mass is 9.96. The molecule has 0 aliphatic heterocycles. The predicted octanol–water partition coefficient (Wildman–Crippen LogP) is 2.83. The van der Waals surface area contributed by atoms with E-state index in [2.05, 4.69) is 29.1 Å². The van der Waals surface area contributed by atoms with Crippen LogP contribution in [-0.4, -0.2) is 29.7 Å². The van der Waals surface area contributed by atoms with Gasteiger partial charge in [-0.15, -0.1) is 0 Å². The molecule has 0 unspecified atom stereocenters. The maximum Gasteiger partial charge on any atom is 0.132 e. The highest BCUT2D eigenvalue weighted by Crippen LogP contribution is 2.24. The second-order valence-electron chi connectivity index (χ2n) is 5.60. The minimum atomic E-state index is 0.613. The van der Waals surface area contributed by atoms with Crippen LogP contribution in [0, 0.1) is 5.92 Å². The summed E-state index contributed by atoms with van der Waals surface area (Å²) in [6.07, 6.45) is 7.43. The number of ether oxygens (including phenoxy) is 1. The molecule has 0 amide bonds. The summed E-state index contributed by atoms with van der Waals surface area (Å²) in [5.41, 5.74) is 2.57. The molecule has 0 bridgehead atoms. The zero-order valence-electron chi connectivity index (χ0n) is 12.1. The van der Waals surface area contributed by atoms with Gasteiger partial charge in [0.25, 0.3) is 0 Å². The zero-order valence-corrected chi connectivity index (χ0v) is 12.1. The van der Waals surface area contributed by atoms with Gasteiger partial charge in [-0.2, -0.15) is 0 Å². The van der Waals surface area contributed by atoms with Crippen molar-refractivity contribution in [2.45, 2.75) is 46.0 Å². The molecule has 1 aromatic heterocycles. The molecule has 106 valence electrons. The van der Waals surface area contributed by atoms with E-state index in [1.54, 1.807) is 6.33 Å². The van der Waals surface area contributed by atoms with Gasteiger partial charge in [-0.25, -0.2) is 9.97 Å². The van der Waals surface area contributed by atoms with Crippen LogP contribution in [0.4, 0.5) is 5.82 Å². The van der Waals surface area contributed by atoms with Crippen molar-refractivity contribution >= 4 is 5.82 Å². The van der Waals surface area contributed by atoms with Crippen LogP contribution in [0.1, 0.15) is 44.4 Å². The van der Waals surface area contributed by atoms with Gasteiger partial charge in [0, 0.05) is 31.0 Å². The van der Waals surface area contributed by atoms with E-state index in [9.17, 15) is 0 Å². The van der Waals surface area contributed by atoms with E-state index in [-0.39, 0.29) is 0 Å². The molecule has 2 rings (SSSR count). The highest BCUT2D eigenvalue weighted by Gasteiger charge is 2.14. The molecule has 1 aromatic rings. The summed E-state index contributed by atoms with van der Waals surface area (Å²) in [4.78, 5) is 8.76. The van der Waals surface area contributed by atoms with E-state index in [1.165, 1.54) is 24.1 Å². The van der Waals surface area contributed by atoms with E-state index >= 15 is 0 Å². The lowest BCUT2D eigenvalue weighted by Crippen LogP contribution is -2.14. The zero-order chi connectivity index (χ0) is 13.5. The van der Waals surface area contributed by atoms with E-state index < -0.39 is 0 Å². The first-order valence-corrected chi connectivity index (χ1v) is 7.41. The Morgan fingerprint density at radius 1 is 1.26 bits per heavy atom. The second-order valence-corrected chi connectivity index (χ2v) is 5.60. The molecular formula is C15H25N3O. The first-order valence-electron chi connectivity index (χ1n) is 7.41. The third kappa shape index (κ3) is 4.46. The number of aryl methyl sites for hydroxylation is 1. The van der Waals surface area contributed by atoms with Crippen molar-refractivity contribution in [3.63, 3.8) is 0 Å². The summed E-state index contributed by atoms with van der Waals surface area (Å²) in [7, 11) is 0. The number of rotatable bonds is 7. The molecule has 0 spiro atoms. The van der Waals surface area contributed by atoms with Gasteiger partial charge in [0.2, 0.25) is 0 Å². The Morgan fingerprint density at radius 3 is 2.95 bits per heavy atom. The standard InChI is InChI=1S/C15H25N3O/c1-12(2)10-19-9-5-8-16-15-13-6-3-4-7-14(13)17-11-18-15/h11-12H,3-10H2,1-2H3,(H,16,17,18). The number of nitrogens with one attached hydrogen (secondary N) is 1. The van der Waals surface area contributed by atoms with E-state index in [0.29, 0.717) is 5.92 Å². The Balaban J connectivity index is 1.74. The minimum absolute atomic E-state index is 0.613. The quantitative estimate of drug-likeness (QED) is 0.768. The first-order chi connectivity index (χ1) is 9.27. The summed E-state index contributed by atoms with van der Waals surface area (Å²) in [6.45, 7) is 6.93. The van der Waals surface area contributed by atoms with Crippen molar-refractivity contribution in [3.8, 4) is 0 Å². The first kappa shape index (κ1) is 14.3. The summed E-state index contributed by atoms with van der Waals surface area (Å²) in [6, 6.07) is 0. The molecule has 0 aromatic carbocycles. The largest absolute Gasteiger partial charge is 0.381 e. The highest BCUT2D eigenvalue weighted by molar-refractivity contribution is 5.46. The van der Waals surface area contributed by atoms with Gasteiger partial charge in [-0.1, -0.05) is 13.8 Å². The van der Waals surface area contributed by atoms with Crippen LogP contribution in [0.25, 0.3) is 0 Å². The van der Waals surface area contributed by atoms with Gasteiger partial charge >= 0.3 is 0 Å². The number of hydrogen-bond acceptors (Lipinski definition) is 4. The fraction of sp³-hybridized carbons (Fsp3) is 0.733. The van der Waals surface area contributed by atoms with Crippen molar-refractivity contribution in [2.24, 2.45) is 5.92 Å². The van der Waals surface area contributed by atoms with Crippen LogP contribution in [0.2, 0.25) is 0 Å². The monoisotopic (exact) mass is 263 g/mol. The van der Waals surface area contributed by atoms with Crippen LogP contribution in [0.3, 0.4) is 0 Å². The van der Waals surface area contributed by atoms with E-state index in [0.717, 1.165) is 44.8 Å². The van der Waals surface area contributed by atoms with Crippen molar-refractivity contribution in [2.75, 3.05) is 25.1 Å². The Labute approximate surface area is 116 Å². The number of anilines is 1. The molecule has 1 N–H and O–H groups in total. The third-order valence-electron chi connectivity index (χ3n) is 3.33. The molecule has 0 atom stereocenters. The van der Waals surface area contributed by atoms with Gasteiger partial charge in [0.1, 0.15) is 12.1 Å². The van der Waals surface area contributed by atoms with Gasteiger partial charge in [-0.3, -0.25) is 0 Å². The average Bonchev–Trinajstić information content (AvgIpc) is 2.42. The number of nitrogens with zero attached hydrogens (tertiary/aromatic N) is 2. The number of fused-ring (bicyclic) bond motifs is 1. The van der Waals surface area contributed by atoms with Crippen molar-refractivity contribution in [1.29, 1.82) is 0 Å². The van der Waals surface area contributed by atoms with Crippen molar-refractivity contribution in [3.05, 3.63) is 17.6 Å². The molecule has 4 heteroatoms. The molecule has 0 saturated heterocycles. The van der Waals surface area contributed by atoms with Crippen LogP contribution in [0.15, 0.2) is 6.33 Å². The van der Waals surface area contributed by atoms with Gasteiger partial charge < -0.3 is 10.1 Å². The fourth-order valence-corrected chi connectivity index (χ4v) is 2.37. The van der Waals surface area contributed by atoms with Crippen LogP contribution in [-0.2, 0) is 17.6 Å². The van der Waals surface area contributed by atoms with Gasteiger partial charge in [-0.05, 0) is 38.0 Å². The van der Waals surface area contributed by atoms with Crippen molar-refractivity contribution in [1.82, 2.24) is 9.97 Å². The minimum Gasteiger partial charge on any atom is -0.381 e. The van der Waals surface area contributed by atoms with Crippen LogP contribution in [0.5, 0.6) is 0 Å². The Bertz CT molecular complexity index is 393. The predicted molar refractivity (Wildman–Crippen MR) is 77.4 cm³/mol. The summed E-state index contributed by atoms with van der Waals surface area (Å²) >= 11 is 0. The molecule has 1 aliphatic rings. The molecule has 4 nitrogen and oxygen atoms in total. The summed E-state index contributed by atoms with van der Waals surface area (Å²) < 4.78 is 5.57. The molecule has 19 heavy (non-hydrogen) atoms. The maximum atomic E-state index is 5.57. The van der Waals surface area contributed by atoms with Crippen molar-refractivity contribution < 1.29 is 4.74 Å². The normalized spacial score (nSPS) is 14.5. The topological polar surface area (TPSA) is 47.0 Å². The molecule has 1 aliphatic carbocycles.